The molecule has 2 unspecified atom stereocenters. The summed E-state index contributed by atoms with van der Waals surface area (Å²) in [6, 6.07) is -0.349. The maximum atomic E-state index is 11.0. The van der Waals surface area contributed by atoms with E-state index in [0.29, 0.717) is 5.75 Å². The van der Waals surface area contributed by atoms with Gasteiger partial charge >= 0.3 is 5.97 Å². The van der Waals surface area contributed by atoms with Gasteiger partial charge in [-0.3, -0.25) is 10.1 Å². The molecule has 5 heteroatoms. The normalized spacial score (nSPS) is 35.0. The molecular formula is C12H22N2O2S. The second-order valence-electron chi connectivity index (χ2n) is 5.04. The average Bonchev–Trinajstić information content (AvgIpc) is 2.61. The van der Waals surface area contributed by atoms with Gasteiger partial charge in [0.05, 0.1) is 4.87 Å². The molecule has 2 heterocycles. The number of carboxylic acids is 1. The van der Waals surface area contributed by atoms with Gasteiger partial charge in [-0.1, -0.05) is 6.92 Å². The van der Waals surface area contributed by atoms with E-state index in [0.717, 1.165) is 25.9 Å². The van der Waals surface area contributed by atoms with E-state index in [1.54, 1.807) is 0 Å². The number of aliphatic carboxylic acids is 1. The number of hydrogen-bond donors (Lipinski definition) is 2. The van der Waals surface area contributed by atoms with Crippen LogP contribution in [0.5, 0.6) is 0 Å². The smallest absolute Gasteiger partial charge is 0.321 e. The monoisotopic (exact) mass is 258 g/mol. The lowest BCUT2D eigenvalue weighted by molar-refractivity contribution is -0.138. The Kier molecular flexibility index (Phi) is 4.33. The van der Waals surface area contributed by atoms with E-state index in [9.17, 15) is 4.79 Å². The quantitative estimate of drug-likeness (QED) is 0.801. The first-order valence-electron chi connectivity index (χ1n) is 6.52. The van der Waals surface area contributed by atoms with Crippen LogP contribution in [-0.2, 0) is 4.79 Å². The van der Waals surface area contributed by atoms with Gasteiger partial charge in [0.2, 0.25) is 0 Å². The largest absolute Gasteiger partial charge is 0.480 e. The molecule has 0 saturated carbocycles. The molecule has 17 heavy (non-hydrogen) atoms. The van der Waals surface area contributed by atoms with E-state index in [4.69, 9.17) is 5.11 Å². The highest BCUT2D eigenvalue weighted by molar-refractivity contribution is 8.00. The van der Waals surface area contributed by atoms with Gasteiger partial charge in [0.15, 0.2) is 0 Å². The molecule has 2 aliphatic heterocycles. The van der Waals surface area contributed by atoms with Crippen molar-refractivity contribution in [3.05, 3.63) is 0 Å². The number of carbonyl (C=O) groups is 1. The number of thioether (sulfide) groups is 1. The molecule has 0 aromatic rings. The Labute approximate surface area is 107 Å². The Balaban J connectivity index is 1.92. The molecule has 2 N–H and O–H groups in total. The molecule has 0 bridgehead atoms. The zero-order chi connectivity index (χ0) is 12.3. The summed E-state index contributed by atoms with van der Waals surface area (Å²) < 4.78 is 0. The van der Waals surface area contributed by atoms with Crippen molar-refractivity contribution in [1.82, 2.24) is 10.2 Å². The van der Waals surface area contributed by atoms with Gasteiger partial charge in [-0.2, -0.15) is 0 Å². The molecule has 0 aliphatic carbocycles. The molecule has 0 aromatic heterocycles. The van der Waals surface area contributed by atoms with E-state index < -0.39 is 5.97 Å². The van der Waals surface area contributed by atoms with Crippen LogP contribution in [0, 0.1) is 0 Å². The van der Waals surface area contributed by atoms with Crippen molar-refractivity contribution >= 4 is 17.7 Å². The predicted molar refractivity (Wildman–Crippen MR) is 70.3 cm³/mol. The van der Waals surface area contributed by atoms with Gasteiger partial charge in [-0.25, -0.2) is 0 Å². The summed E-state index contributed by atoms with van der Waals surface area (Å²) in [5, 5.41) is 12.4. The van der Waals surface area contributed by atoms with Gasteiger partial charge in [-0.05, 0) is 38.8 Å². The van der Waals surface area contributed by atoms with Crippen molar-refractivity contribution < 1.29 is 9.90 Å². The fraction of sp³-hybridized carbons (Fsp3) is 0.917. The number of carboxylic acid groups (broad SMARTS) is 1. The summed E-state index contributed by atoms with van der Waals surface area (Å²) in [5.41, 5.74) is 0. The number of rotatable bonds is 3. The lowest BCUT2D eigenvalue weighted by Crippen LogP contribution is -2.45. The van der Waals surface area contributed by atoms with Crippen LogP contribution in [0.4, 0.5) is 0 Å². The van der Waals surface area contributed by atoms with Crippen molar-refractivity contribution in [2.45, 2.75) is 43.5 Å². The standard InChI is InChI=1S/C12H22N2O2S/c1-2-6-14-7-3-4-12(5-8-14)13-10(9-17-12)11(15)16/h10,13H,2-9H2,1H3,(H,15,16). The first-order valence-corrected chi connectivity index (χ1v) is 7.50. The highest BCUT2D eigenvalue weighted by Crippen LogP contribution is 2.39. The Morgan fingerprint density at radius 1 is 1.53 bits per heavy atom. The second-order valence-corrected chi connectivity index (χ2v) is 6.44. The molecule has 2 saturated heterocycles. The predicted octanol–water partition coefficient (Wildman–Crippen LogP) is 1.37. The Morgan fingerprint density at radius 2 is 2.35 bits per heavy atom. The van der Waals surface area contributed by atoms with Crippen molar-refractivity contribution in [2.24, 2.45) is 0 Å². The Bertz CT molecular complexity index is 288. The molecule has 1 spiro atoms. The van der Waals surface area contributed by atoms with E-state index in [1.807, 2.05) is 11.8 Å². The van der Waals surface area contributed by atoms with Crippen molar-refractivity contribution in [2.75, 3.05) is 25.4 Å². The molecule has 0 aromatic carbocycles. The second kappa shape index (κ2) is 5.59. The van der Waals surface area contributed by atoms with Crippen LogP contribution < -0.4 is 5.32 Å². The molecular weight excluding hydrogens is 236 g/mol. The van der Waals surface area contributed by atoms with Crippen molar-refractivity contribution in [1.29, 1.82) is 0 Å². The minimum Gasteiger partial charge on any atom is -0.480 e. The summed E-state index contributed by atoms with van der Waals surface area (Å²) >= 11 is 1.82. The van der Waals surface area contributed by atoms with Crippen molar-refractivity contribution in [3.8, 4) is 0 Å². The van der Waals surface area contributed by atoms with Crippen LogP contribution in [0.1, 0.15) is 32.6 Å². The number of hydrogen-bond acceptors (Lipinski definition) is 4. The maximum Gasteiger partial charge on any atom is 0.321 e. The van der Waals surface area contributed by atoms with Crippen LogP contribution >= 0.6 is 11.8 Å². The zero-order valence-corrected chi connectivity index (χ0v) is 11.3. The van der Waals surface area contributed by atoms with Crippen LogP contribution in [0.3, 0.4) is 0 Å². The third-order valence-corrected chi connectivity index (χ3v) is 5.27. The highest BCUT2D eigenvalue weighted by atomic mass is 32.2. The first-order chi connectivity index (χ1) is 8.15. The summed E-state index contributed by atoms with van der Waals surface area (Å²) in [7, 11) is 0. The third-order valence-electron chi connectivity index (χ3n) is 3.69. The summed E-state index contributed by atoms with van der Waals surface area (Å²) in [5.74, 6) is 0.00682. The van der Waals surface area contributed by atoms with Gasteiger partial charge in [-0.15, -0.1) is 11.8 Å². The van der Waals surface area contributed by atoms with Crippen LogP contribution in [-0.4, -0.2) is 52.3 Å². The molecule has 4 nitrogen and oxygen atoms in total. The van der Waals surface area contributed by atoms with Gasteiger partial charge < -0.3 is 10.0 Å². The SMILES string of the molecule is CCCN1CCCC2(CC1)NC(C(=O)O)CS2. The molecule has 0 radical (unpaired) electrons. The average molecular weight is 258 g/mol. The fourth-order valence-electron chi connectivity index (χ4n) is 2.77. The Morgan fingerprint density at radius 3 is 3.00 bits per heavy atom. The number of nitrogens with one attached hydrogen (secondary N) is 1. The third kappa shape index (κ3) is 3.14. The van der Waals surface area contributed by atoms with Crippen LogP contribution in [0.2, 0.25) is 0 Å². The zero-order valence-electron chi connectivity index (χ0n) is 10.4. The molecule has 2 aliphatic rings. The highest BCUT2D eigenvalue weighted by Gasteiger charge is 2.42. The molecule has 2 atom stereocenters. The van der Waals surface area contributed by atoms with E-state index in [-0.39, 0.29) is 10.9 Å². The van der Waals surface area contributed by atoms with Gasteiger partial charge in [0.25, 0.3) is 0 Å². The van der Waals surface area contributed by atoms with Gasteiger partial charge in [0.1, 0.15) is 6.04 Å². The van der Waals surface area contributed by atoms with E-state index in [2.05, 4.69) is 17.1 Å². The number of likely N-dealkylation sites (tertiary alicyclic amines) is 1. The molecule has 2 rings (SSSR count). The minimum absolute atomic E-state index is 0.0333. The lowest BCUT2D eigenvalue weighted by atomic mass is 10.1. The molecule has 2 fully saturated rings. The van der Waals surface area contributed by atoms with Crippen molar-refractivity contribution in [3.63, 3.8) is 0 Å². The van der Waals surface area contributed by atoms with Gasteiger partial charge in [0, 0.05) is 12.3 Å². The Hall–Kier alpha value is -0.260. The van der Waals surface area contributed by atoms with E-state index >= 15 is 0 Å². The maximum absolute atomic E-state index is 11.0. The molecule has 98 valence electrons. The van der Waals surface area contributed by atoms with E-state index in [1.165, 1.54) is 19.4 Å². The fourth-order valence-corrected chi connectivity index (χ4v) is 4.23. The summed E-state index contributed by atoms with van der Waals surface area (Å²) in [4.78, 5) is 13.5. The molecule has 0 amide bonds. The summed E-state index contributed by atoms with van der Waals surface area (Å²) in [6.45, 7) is 5.64. The summed E-state index contributed by atoms with van der Waals surface area (Å²) in [6.07, 6.45) is 4.54. The minimum atomic E-state index is -0.705. The van der Waals surface area contributed by atoms with Crippen LogP contribution in [0.25, 0.3) is 0 Å². The topological polar surface area (TPSA) is 52.6 Å². The first kappa shape index (κ1) is 13.2. The van der Waals surface area contributed by atoms with Crippen LogP contribution in [0.15, 0.2) is 0 Å². The number of nitrogens with zero attached hydrogens (tertiary/aromatic N) is 1. The lowest BCUT2D eigenvalue weighted by Gasteiger charge is -2.27.